The van der Waals surface area contributed by atoms with E-state index in [1.807, 2.05) is 11.5 Å². The van der Waals surface area contributed by atoms with Crippen LogP contribution in [0.3, 0.4) is 0 Å². The van der Waals surface area contributed by atoms with Crippen LogP contribution in [-0.2, 0) is 18.9 Å². The minimum absolute atomic E-state index is 0.0653. The summed E-state index contributed by atoms with van der Waals surface area (Å²) in [6.45, 7) is 2.85. The molecule has 2 heterocycles. The molecule has 0 aliphatic heterocycles. The van der Waals surface area contributed by atoms with Gasteiger partial charge in [0.15, 0.2) is 11.0 Å². The summed E-state index contributed by atoms with van der Waals surface area (Å²) in [4.78, 5) is 0. The van der Waals surface area contributed by atoms with Crippen LogP contribution in [0, 0.1) is 5.82 Å². The largest absolute Gasteiger partial charge is 0.508 e. The first-order chi connectivity index (χ1) is 15.0. The van der Waals surface area contributed by atoms with Gasteiger partial charge >= 0.3 is 0 Å². The Kier molecular flexibility index (Phi) is 6.38. The van der Waals surface area contributed by atoms with Crippen LogP contribution >= 0.6 is 23.4 Å². The highest BCUT2D eigenvalue weighted by molar-refractivity contribution is 7.98. The second-order valence-electron chi connectivity index (χ2n) is 6.34. The lowest BCUT2D eigenvalue weighted by molar-refractivity contribution is 0.288. The van der Waals surface area contributed by atoms with E-state index in [-0.39, 0.29) is 23.8 Å². The molecule has 0 amide bonds. The molecule has 0 atom stereocenters. The number of hydrogen-bond acceptors (Lipinski definition) is 8. The average Bonchev–Trinajstić information content (AvgIpc) is 3.40. The molecule has 2 aromatic carbocycles. The number of aromatic nitrogens is 5. The SMILES string of the molecule is CCn1c(COc2ccc(O)cc2)nnc1SCc1nnc(-c2cc(Cl)ccc2F)o1. The second-order valence-corrected chi connectivity index (χ2v) is 7.72. The van der Waals surface area contributed by atoms with Gasteiger partial charge in [0.05, 0.1) is 11.3 Å². The zero-order valence-corrected chi connectivity index (χ0v) is 17.9. The van der Waals surface area contributed by atoms with Crippen LogP contribution in [0.15, 0.2) is 52.0 Å². The molecule has 4 rings (SSSR count). The lowest BCUT2D eigenvalue weighted by Gasteiger charge is -2.08. The quantitative estimate of drug-likeness (QED) is 0.376. The monoisotopic (exact) mass is 461 g/mol. The molecule has 11 heteroatoms. The highest BCUT2D eigenvalue weighted by Gasteiger charge is 2.16. The summed E-state index contributed by atoms with van der Waals surface area (Å²) in [6, 6.07) is 10.6. The van der Waals surface area contributed by atoms with Gasteiger partial charge in [-0.1, -0.05) is 23.4 Å². The highest BCUT2D eigenvalue weighted by Crippen LogP contribution is 2.27. The van der Waals surface area contributed by atoms with Gasteiger partial charge < -0.3 is 18.8 Å². The third kappa shape index (κ3) is 4.97. The molecule has 2 aromatic heterocycles. The Hall–Kier alpha value is -3.11. The molecule has 0 radical (unpaired) electrons. The van der Waals surface area contributed by atoms with E-state index in [1.165, 1.54) is 30.0 Å². The van der Waals surface area contributed by atoms with Crippen molar-refractivity contribution in [2.24, 2.45) is 0 Å². The first kappa shape index (κ1) is 21.1. The van der Waals surface area contributed by atoms with Gasteiger partial charge in [0.1, 0.15) is 23.9 Å². The fraction of sp³-hybridized carbons (Fsp3) is 0.200. The van der Waals surface area contributed by atoms with Crippen LogP contribution in [0.4, 0.5) is 4.39 Å². The van der Waals surface area contributed by atoms with Gasteiger partial charge in [-0.25, -0.2) is 4.39 Å². The summed E-state index contributed by atoms with van der Waals surface area (Å²) in [5, 5.41) is 26.7. The molecule has 0 aliphatic rings. The normalized spacial score (nSPS) is 11.1. The number of rotatable bonds is 8. The number of phenols is 1. The molecule has 8 nitrogen and oxygen atoms in total. The zero-order valence-electron chi connectivity index (χ0n) is 16.3. The van der Waals surface area contributed by atoms with Crippen molar-refractivity contribution >= 4 is 23.4 Å². The van der Waals surface area contributed by atoms with Crippen molar-refractivity contribution in [1.82, 2.24) is 25.0 Å². The zero-order chi connectivity index (χ0) is 21.8. The Morgan fingerprint density at radius 3 is 2.71 bits per heavy atom. The van der Waals surface area contributed by atoms with E-state index >= 15 is 0 Å². The van der Waals surface area contributed by atoms with E-state index in [0.29, 0.717) is 39.9 Å². The Morgan fingerprint density at radius 1 is 1.13 bits per heavy atom. The molecular weight excluding hydrogens is 445 g/mol. The third-order valence-corrected chi connectivity index (χ3v) is 5.45. The van der Waals surface area contributed by atoms with Crippen LogP contribution < -0.4 is 4.74 Å². The Balaban J connectivity index is 1.41. The standard InChI is InChI=1S/C20H17ClFN5O3S/c1-2-27-17(10-29-14-6-4-13(28)5-7-14)23-26-20(27)31-11-18-24-25-19(30-18)15-9-12(21)3-8-16(15)22/h3-9,28H,2,10-11H2,1H3. The fourth-order valence-corrected chi connectivity index (χ4v) is 3.78. The van der Waals surface area contributed by atoms with E-state index in [4.69, 9.17) is 20.8 Å². The topological polar surface area (TPSA) is 99.1 Å². The van der Waals surface area contributed by atoms with Crippen molar-refractivity contribution in [2.45, 2.75) is 31.0 Å². The van der Waals surface area contributed by atoms with Gasteiger partial charge in [-0.15, -0.1) is 20.4 Å². The maximum atomic E-state index is 14.0. The summed E-state index contributed by atoms with van der Waals surface area (Å²) < 4.78 is 27.2. The molecule has 1 N–H and O–H groups in total. The number of benzene rings is 2. The fourth-order valence-electron chi connectivity index (χ4n) is 2.75. The van der Waals surface area contributed by atoms with Crippen molar-refractivity contribution in [2.75, 3.05) is 0 Å². The Bertz CT molecular complexity index is 1180. The summed E-state index contributed by atoms with van der Waals surface area (Å²) in [7, 11) is 0. The molecule has 0 unspecified atom stereocenters. The number of hydrogen-bond donors (Lipinski definition) is 1. The molecule has 0 spiro atoms. The van der Waals surface area contributed by atoms with Crippen LogP contribution in [-0.4, -0.2) is 30.1 Å². The summed E-state index contributed by atoms with van der Waals surface area (Å²) in [5.41, 5.74) is 0.154. The Labute approximate surface area is 186 Å². The second kappa shape index (κ2) is 9.36. The van der Waals surface area contributed by atoms with Crippen LogP contribution in [0.2, 0.25) is 5.02 Å². The molecule has 0 saturated heterocycles. The summed E-state index contributed by atoms with van der Waals surface area (Å²) in [6.07, 6.45) is 0. The highest BCUT2D eigenvalue weighted by atomic mass is 35.5. The van der Waals surface area contributed by atoms with Gasteiger partial charge in [0.25, 0.3) is 5.89 Å². The maximum Gasteiger partial charge on any atom is 0.250 e. The third-order valence-electron chi connectivity index (χ3n) is 4.26. The van der Waals surface area contributed by atoms with Crippen molar-refractivity contribution in [3.63, 3.8) is 0 Å². The predicted octanol–water partition coefficient (Wildman–Crippen LogP) is 4.72. The maximum absolute atomic E-state index is 14.0. The number of aromatic hydroxyl groups is 1. The van der Waals surface area contributed by atoms with Gasteiger partial charge in [-0.2, -0.15) is 0 Å². The number of ether oxygens (including phenoxy) is 1. The Morgan fingerprint density at radius 2 is 1.94 bits per heavy atom. The van der Waals surface area contributed by atoms with Crippen LogP contribution in [0.5, 0.6) is 11.5 Å². The van der Waals surface area contributed by atoms with E-state index < -0.39 is 5.82 Å². The van der Waals surface area contributed by atoms with E-state index in [9.17, 15) is 9.50 Å². The first-order valence-corrected chi connectivity index (χ1v) is 10.6. The smallest absolute Gasteiger partial charge is 0.250 e. The van der Waals surface area contributed by atoms with Gasteiger partial charge in [0, 0.05) is 11.6 Å². The van der Waals surface area contributed by atoms with Gasteiger partial charge in [-0.05, 0) is 49.4 Å². The van der Waals surface area contributed by atoms with Crippen LogP contribution in [0.25, 0.3) is 11.5 Å². The molecule has 0 bridgehead atoms. The molecule has 4 aromatic rings. The molecule has 0 saturated carbocycles. The van der Waals surface area contributed by atoms with Crippen LogP contribution in [0.1, 0.15) is 18.6 Å². The summed E-state index contributed by atoms with van der Waals surface area (Å²) in [5.74, 6) is 1.69. The summed E-state index contributed by atoms with van der Waals surface area (Å²) >= 11 is 7.29. The predicted molar refractivity (Wildman–Crippen MR) is 112 cm³/mol. The lowest BCUT2D eigenvalue weighted by Crippen LogP contribution is -2.07. The van der Waals surface area contributed by atoms with Crippen molar-refractivity contribution in [3.8, 4) is 23.0 Å². The van der Waals surface area contributed by atoms with E-state index in [0.717, 1.165) is 0 Å². The number of phenolic OH excluding ortho intramolecular Hbond substituents is 1. The molecule has 160 valence electrons. The molecule has 0 fully saturated rings. The van der Waals surface area contributed by atoms with Crippen molar-refractivity contribution in [1.29, 1.82) is 0 Å². The van der Waals surface area contributed by atoms with Crippen molar-refractivity contribution < 1.29 is 18.7 Å². The van der Waals surface area contributed by atoms with Gasteiger partial charge in [0.2, 0.25) is 5.89 Å². The number of nitrogens with zero attached hydrogens (tertiary/aromatic N) is 5. The average molecular weight is 462 g/mol. The minimum Gasteiger partial charge on any atom is -0.508 e. The molecule has 31 heavy (non-hydrogen) atoms. The van der Waals surface area contributed by atoms with Crippen molar-refractivity contribution in [3.05, 3.63) is 65.0 Å². The minimum atomic E-state index is -0.490. The van der Waals surface area contributed by atoms with Gasteiger partial charge in [-0.3, -0.25) is 0 Å². The molecule has 0 aliphatic carbocycles. The van der Waals surface area contributed by atoms with E-state index in [1.54, 1.807) is 24.3 Å². The lowest BCUT2D eigenvalue weighted by atomic mass is 10.2. The number of halogens is 2. The van der Waals surface area contributed by atoms with E-state index in [2.05, 4.69) is 20.4 Å². The molecular formula is C20H17ClFN5O3S. The number of thioether (sulfide) groups is 1. The first-order valence-electron chi connectivity index (χ1n) is 9.28.